The molecule has 0 atom stereocenters. The van der Waals surface area contributed by atoms with Crippen LogP contribution in [0, 0.1) is 6.92 Å². The first-order chi connectivity index (χ1) is 8.56. The van der Waals surface area contributed by atoms with E-state index >= 15 is 0 Å². The van der Waals surface area contributed by atoms with Gasteiger partial charge in [0.05, 0.1) is 12.1 Å². The molecule has 0 saturated heterocycles. The van der Waals surface area contributed by atoms with Crippen molar-refractivity contribution in [2.45, 2.75) is 13.5 Å². The number of hydrogen-bond donors (Lipinski definition) is 2. The van der Waals surface area contributed by atoms with Gasteiger partial charge in [0.25, 0.3) is 5.91 Å². The number of pyridine rings is 1. The van der Waals surface area contributed by atoms with Gasteiger partial charge in [-0.15, -0.1) is 0 Å². The van der Waals surface area contributed by atoms with E-state index in [1.54, 1.807) is 13.0 Å². The van der Waals surface area contributed by atoms with Gasteiger partial charge in [0, 0.05) is 10.7 Å². The molecular weight excluding hydrogens is 302 g/mol. The molecule has 94 valence electrons. The number of nitrogens with one attached hydrogen (secondary N) is 1. The first-order valence-electron chi connectivity index (χ1n) is 5.04. The maximum Gasteiger partial charge on any atom is 0.255 e. The predicted molar refractivity (Wildman–Crippen MR) is 66.6 cm³/mol. The number of nitrogen functional groups attached to an aromatic ring is 1. The van der Waals surface area contributed by atoms with Crippen molar-refractivity contribution in [3.63, 3.8) is 0 Å². The summed E-state index contributed by atoms with van der Waals surface area (Å²) in [5.41, 5.74) is 5.91. The SMILES string of the molecule is Cc1noc(CNC(=O)c2cc(Br)cnc2N)n1. The van der Waals surface area contributed by atoms with Crippen LogP contribution in [0.1, 0.15) is 22.1 Å². The van der Waals surface area contributed by atoms with Crippen molar-refractivity contribution < 1.29 is 9.32 Å². The van der Waals surface area contributed by atoms with Crippen molar-refractivity contribution in [2.75, 3.05) is 5.73 Å². The third-order valence-corrected chi connectivity index (χ3v) is 2.53. The molecule has 0 radical (unpaired) electrons. The number of hydrogen-bond acceptors (Lipinski definition) is 6. The zero-order valence-electron chi connectivity index (χ0n) is 9.48. The van der Waals surface area contributed by atoms with E-state index in [4.69, 9.17) is 10.3 Å². The highest BCUT2D eigenvalue weighted by Gasteiger charge is 2.12. The standard InChI is InChI=1S/C10H10BrN5O2/c1-5-15-8(18-16-5)4-14-10(17)7-2-6(11)3-13-9(7)12/h2-3H,4H2,1H3,(H2,12,13)(H,14,17). The number of nitrogens with two attached hydrogens (primary N) is 1. The lowest BCUT2D eigenvalue weighted by Crippen LogP contribution is -2.24. The normalized spacial score (nSPS) is 10.3. The Balaban J connectivity index is 2.05. The van der Waals surface area contributed by atoms with Gasteiger partial charge in [0.1, 0.15) is 5.82 Å². The molecule has 2 aromatic rings. The Morgan fingerprint density at radius 2 is 2.39 bits per heavy atom. The van der Waals surface area contributed by atoms with Gasteiger partial charge in [-0.25, -0.2) is 4.98 Å². The number of carbonyl (C=O) groups excluding carboxylic acids is 1. The maximum atomic E-state index is 11.9. The minimum absolute atomic E-state index is 0.144. The Morgan fingerprint density at radius 3 is 3.06 bits per heavy atom. The number of nitrogens with zero attached hydrogens (tertiary/aromatic N) is 3. The zero-order valence-corrected chi connectivity index (χ0v) is 11.1. The Labute approximate surface area is 111 Å². The minimum atomic E-state index is -0.350. The summed E-state index contributed by atoms with van der Waals surface area (Å²) >= 11 is 3.23. The summed E-state index contributed by atoms with van der Waals surface area (Å²) in [7, 11) is 0. The van der Waals surface area contributed by atoms with Gasteiger partial charge in [0.15, 0.2) is 5.82 Å². The quantitative estimate of drug-likeness (QED) is 0.877. The Kier molecular flexibility index (Phi) is 3.56. The Morgan fingerprint density at radius 1 is 1.61 bits per heavy atom. The first-order valence-corrected chi connectivity index (χ1v) is 5.84. The third-order valence-electron chi connectivity index (χ3n) is 2.10. The molecule has 2 heterocycles. The number of carbonyl (C=O) groups is 1. The number of aromatic nitrogens is 3. The molecule has 2 aromatic heterocycles. The summed E-state index contributed by atoms with van der Waals surface area (Å²) in [4.78, 5) is 19.7. The highest BCUT2D eigenvalue weighted by molar-refractivity contribution is 9.10. The fraction of sp³-hybridized carbons (Fsp3) is 0.200. The molecule has 0 aromatic carbocycles. The lowest BCUT2D eigenvalue weighted by molar-refractivity contribution is 0.0947. The largest absolute Gasteiger partial charge is 0.383 e. The zero-order chi connectivity index (χ0) is 13.1. The molecule has 0 spiro atoms. The summed E-state index contributed by atoms with van der Waals surface area (Å²) in [6.45, 7) is 1.84. The molecule has 0 aliphatic carbocycles. The molecular formula is C10H10BrN5O2. The van der Waals surface area contributed by atoms with Crippen LogP contribution in [-0.4, -0.2) is 21.0 Å². The van der Waals surface area contributed by atoms with E-state index in [0.717, 1.165) is 0 Å². The number of halogens is 1. The van der Waals surface area contributed by atoms with E-state index < -0.39 is 0 Å². The monoisotopic (exact) mass is 311 g/mol. The Hall–Kier alpha value is -1.96. The average Bonchev–Trinajstić information content (AvgIpc) is 2.75. The van der Waals surface area contributed by atoms with Crippen molar-refractivity contribution in [3.8, 4) is 0 Å². The van der Waals surface area contributed by atoms with Crippen molar-refractivity contribution in [2.24, 2.45) is 0 Å². The van der Waals surface area contributed by atoms with Crippen LogP contribution in [0.25, 0.3) is 0 Å². The molecule has 0 fully saturated rings. The second kappa shape index (κ2) is 5.13. The van der Waals surface area contributed by atoms with Gasteiger partial charge in [-0.05, 0) is 28.9 Å². The Bertz CT molecular complexity index is 583. The number of anilines is 1. The molecule has 18 heavy (non-hydrogen) atoms. The van der Waals surface area contributed by atoms with Crippen LogP contribution >= 0.6 is 15.9 Å². The highest BCUT2D eigenvalue weighted by atomic mass is 79.9. The van der Waals surface area contributed by atoms with Crippen molar-refractivity contribution >= 4 is 27.7 Å². The van der Waals surface area contributed by atoms with E-state index in [1.807, 2.05) is 0 Å². The van der Waals surface area contributed by atoms with E-state index in [2.05, 4.69) is 36.4 Å². The molecule has 3 N–H and O–H groups in total. The van der Waals surface area contributed by atoms with Gasteiger partial charge in [-0.3, -0.25) is 4.79 Å². The lowest BCUT2D eigenvalue weighted by atomic mass is 10.2. The van der Waals surface area contributed by atoms with E-state index in [-0.39, 0.29) is 18.3 Å². The molecule has 0 aliphatic heterocycles. The predicted octanol–water partition coefficient (Wildman–Crippen LogP) is 1.05. The van der Waals surface area contributed by atoms with E-state index in [0.29, 0.717) is 21.8 Å². The highest BCUT2D eigenvalue weighted by Crippen LogP contribution is 2.15. The fourth-order valence-corrected chi connectivity index (χ4v) is 1.63. The molecule has 8 heteroatoms. The molecule has 0 aliphatic rings. The van der Waals surface area contributed by atoms with Gasteiger partial charge < -0.3 is 15.6 Å². The van der Waals surface area contributed by atoms with Crippen LogP contribution in [0.4, 0.5) is 5.82 Å². The third kappa shape index (κ3) is 2.83. The van der Waals surface area contributed by atoms with Crippen molar-refractivity contribution in [1.29, 1.82) is 0 Å². The van der Waals surface area contributed by atoms with Gasteiger partial charge in [-0.2, -0.15) is 4.98 Å². The summed E-state index contributed by atoms with van der Waals surface area (Å²) in [5, 5.41) is 6.24. The lowest BCUT2D eigenvalue weighted by Gasteiger charge is -2.05. The summed E-state index contributed by atoms with van der Waals surface area (Å²) in [6, 6.07) is 1.59. The fourth-order valence-electron chi connectivity index (χ4n) is 1.29. The number of aryl methyl sites for hydroxylation is 1. The molecule has 2 rings (SSSR count). The molecule has 1 amide bonds. The van der Waals surface area contributed by atoms with Crippen molar-refractivity contribution in [1.82, 2.24) is 20.4 Å². The first kappa shape index (κ1) is 12.5. The van der Waals surface area contributed by atoms with Gasteiger partial charge in [-0.1, -0.05) is 5.16 Å². The molecule has 0 bridgehead atoms. The average molecular weight is 312 g/mol. The summed E-state index contributed by atoms with van der Waals surface area (Å²) in [6.07, 6.45) is 1.52. The topological polar surface area (TPSA) is 107 Å². The second-order valence-electron chi connectivity index (χ2n) is 3.50. The number of rotatable bonds is 3. The molecule has 0 saturated carbocycles. The van der Waals surface area contributed by atoms with Gasteiger partial charge in [0.2, 0.25) is 5.89 Å². The molecule has 0 unspecified atom stereocenters. The minimum Gasteiger partial charge on any atom is -0.383 e. The van der Waals surface area contributed by atoms with E-state index in [1.165, 1.54) is 6.20 Å². The summed E-state index contributed by atoms with van der Waals surface area (Å²) < 4.78 is 5.55. The van der Waals surface area contributed by atoms with Crippen LogP contribution < -0.4 is 11.1 Å². The number of amides is 1. The van der Waals surface area contributed by atoms with Gasteiger partial charge >= 0.3 is 0 Å². The van der Waals surface area contributed by atoms with Crippen LogP contribution in [0.3, 0.4) is 0 Å². The van der Waals surface area contributed by atoms with Crippen LogP contribution in [-0.2, 0) is 6.54 Å². The van der Waals surface area contributed by atoms with Crippen LogP contribution in [0.5, 0.6) is 0 Å². The second-order valence-corrected chi connectivity index (χ2v) is 4.42. The smallest absolute Gasteiger partial charge is 0.255 e. The summed E-state index contributed by atoms with van der Waals surface area (Å²) in [5.74, 6) is 0.667. The van der Waals surface area contributed by atoms with E-state index in [9.17, 15) is 4.79 Å². The maximum absolute atomic E-state index is 11.9. The van der Waals surface area contributed by atoms with Crippen LogP contribution in [0.2, 0.25) is 0 Å². The molecule has 7 nitrogen and oxygen atoms in total. The van der Waals surface area contributed by atoms with Crippen LogP contribution in [0.15, 0.2) is 21.3 Å². The van der Waals surface area contributed by atoms with Crippen molar-refractivity contribution in [3.05, 3.63) is 34.0 Å².